The Labute approximate surface area is 174 Å². The van der Waals surface area contributed by atoms with E-state index in [1.165, 1.54) is 0 Å². The Hall–Kier alpha value is -2.97. The van der Waals surface area contributed by atoms with Crippen LogP contribution in [0.3, 0.4) is 0 Å². The lowest BCUT2D eigenvalue weighted by Crippen LogP contribution is -2.35. The van der Waals surface area contributed by atoms with Gasteiger partial charge < -0.3 is 14.4 Å². The van der Waals surface area contributed by atoms with E-state index in [2.05, 4.69) is 10.3 Å². The zero-order valence-corrected chi connectivity index (χ0v) is 17.0. The Balaban J connectivity index is 1.37. The summed E-state index contributed by atoms with van der Waals surface area (Å²) in [5, 5.41) is 18.6. The van der Waals surface area contributed by atoms with Gasteiger partial charge in [0.2, 0.25) is 0 Å². The number of aromatic nitrogens is 3. The van der Waals surface area contributed by atoms with Gasteiger partial charge in [-0.3, -0.25) is 4.79 Å². The monoisotopic (exact) mass is 403 g/mol. The van der Waals surface area contributed by atoms with Crippen molar-refractivity contribution in [3.8, 4) is 11.4 Å². The van der Waals surface area contributed by atoms with E-state index in [9.17, 15) is 9.82 Å². The fraction of sp³-hybridized carbons (Fsp3) is 0.318. The van der Waals surface area contributed by atoms with Gasteiger partial charge in [0.05, 0.1) is 24.1 Å². The molecule has 3 aromatic rings. The predicted octanol–water partition coefficient (Wildman–Crippen LogP) is 2.11. The molecule has 0 amide bonds. The molecule has 8 heteroatoms. The van der Waals surface area contributed by atoms with Crippen LogP contribution in [0.15, 0.2) is 42.5 Å². The van der Waals surface area contributed by atoms with Crippen molar-refractivity contribution in [3.63, 3.8) is 0 Å². The molecule has 1 spiro atoms. The second-order valence-corrected chi connectivity index (χ2v) is 7.97. The maximum Gasteiger partial charge on any atom is 0.492 e. The third kappa shape index (κ3) is 2.95. The fourth-order valence-corrected chi connectivity index (χ4v) is 4.39. The molecule has 5 rings (SSSR count). The van der Waals surface area contributed by atoms with Crippen LogP contribution >= 0.6 is 0 Å². The summed E-state index contributed by atoms with van der Waals surface area (Å²) in [6.07, 6.45) is 3.16. The molecular weight excluding hydrogens is 381 g/mol. The minimum Gasteiger partial charge on any atom is -0.497 e. The second kappa shape index (κ2) is 7.07. The first-order valence-corrected chi connectivity index (χ1v) is 10.1. The Kier molecular flexibility index (Phi) is 4.48. The van der Waals surface area contributed by atoms with Gasteiger partial charge in [0, 0.05) is 6.42 Å². The number of carbonyl (C=O) groups excluding carboxylic acids is 1. The maximum absolute atomic E-state index is 12.9. The summed E-state index contributed by atoms with van der Waals surface area (Å²) in [6.45, 7) is 1.83. The highest BCUT2D eigenvalue weighted by atomic mass is 16.5. The third-order valence-electron chi connectivity index (χ3n) is 6.21. The van der Waals surface area contributed by atoms with Gasteiger partial charge in [0.15, 0.2) is 11.5 Å². The molecule has 0 radical (unpaired) electrons. The largest absolute Gasteiger partial charge is 0.497 e. The molecule has 0 saturated heterocycles. The highest BCUT2D eigenvalue weighted by molar-refractivity contribution is 6.62. The van der Waals surface area contributed by atoms with Crippen LogP contribution in [0.25, 0.3) is 5.69 Å². The van der Waals surface area contributed by atoms with Crippen LogP contribution in [0.2, 0.25) is 0 Å². The number of ketones is 1. The van der Waals surface area contributed by atoms with Crippen LogP contribution in [0.1, 0.15) is 46.6 Å². The highest BCUT2D eigenvalue weighted by Gasteiger charge is 2.50. The van der Waals surface area contributed by atoms with Crippen molar-refractivity contribution in [2.75, 3.05) is 7.11 Å². The van der Waals surface area contributed by atoms with Crippen molar-refractivity contribution in [1.82, 2.24) is 15.0 Å². The summed E-state index contributed by atoms with van der Waals surface area (Å²) in [5.74, 6) is 0.637. The average Bonchev–Trinajstić information content (AvgIpc) is 3.26. The van der Waals surface area contributed by atoms with E-state index in [0.29, 0.717) is 11.4 Å². The number of methoxy groups -OCH3 is 1. The number of carbonyl (C=O) groups is 1. The van der Waals surface area contributed by atoms with Gasteiger partial charge in [0.1, 0.15) is 5.75 Å². The third-order valence-corrected chi connectivity index (χ3v) is 6.21. The number of hydrogen-bond acceptors (Lipinski definition) is 6. The van der Waals surface area contributed by atoms with E-state index in [4.69, 9.17) is 9.39 Å². The Morgan fingerprint density at radius 1 is 1.27 bits per heavy atom. The van der Waals surface area contributed by atoms with Crippen LogP contribution in [-0.2, 0) is 16.7 Å². The Morgan fingerprint density at radius 3 is 2.70 bits per heavy atom. The van der Waals surface area contributed by atoms with E-state index in [1.807, 2.05) is 49.4 Å². The van der Waals surface area contributed by atoms with E-state index in [1.54, 1.807) is 11.8 Å². The van der Waals surface area contributed by atoms with E-state index in [0.717, 1.165) is 47.3 Å². The molecule has 152 valence electrons. The molecule has 2 aromatic carbocycles. The van der Waals surface area contributed by atoms with Gasteiger partial charge in [-0.25, -0.2) is 4.68 Å². The molecule has 0 atom stereocenters. The van der Waals surface area contributed by atoms with Gasteiger partial charge in [-0.15, -0.1) is 5.10 Å². The normalized spacial score (nSPS) is 16.4. The topological polar surface area (TPSA) is 86.5 Å². The highest BCUT2D eigenvalue weighted by Crippen LogP contribution is 2.47. The molecule has 1 N–H and O–H groups in total. The standard InChI is InChI=1S/C22H22BN3O4/c1-14-21(24-25-26(14)16-5-7-17(29-2)8-6-16)20(27)13-15-4-9-18-19(12-15)23(28)30-22(18)10-3-11-22/h4-9,12,28H,3,10-11,13H2,1-2H3. The first kappa shape index (κ1) is 19.0. The first-order valence-electron chi connectivity index (χ1n) is 10.1. The zero-order valence-electron chi connectivity index (χ0n) is 17.0. The van der Waals surface area contributed by atoms with Crippen molar-refractivity contribution in [3.05, 3.63) is 65.0 Å². The summed E-state index contributed by atoms with van der Waals surface area (Å²) < 4.78 is 12.7. The van der Waals surface area contributed by atoms with Crippen molar-refractivity contribution < 1.29 is 19.2 Å². The first-order chi connectivity index (χ1) is 14.5. The quantitative estimate of drug-likeness (QED) is 0.519. The minimum atomic E-state index is -0.923. The molecule has 0 unspecified atom stereocenters. The van der Waals surface area contributed by atoms with Crippen LogP contribution < -0.4 is 10.2 Å². The van der Waals surface area contributed by atoms with Gasteiger partial charge >= 0.3 is 7.12 Å². The Morgan fingerprint density at radius 2 is 2.03 bits per heavy atom. The molecule has 1 aliphatic carbocycles. The minimum absolute atomic E-state index is 0.112. The van der Waals surface area contributed by atoms with Gasteiger partial charge in [-0.05, 0) is 67.0 Å². The molecule has 1 fully saturated rings. The molecule has 7 nitrogen and oxygen atoms in total. The SMILES string of the molecule is COc1ccc(-n2nnc(C(=O)Cc3ccc4c(c3)B(O)OC43CCC3)c2C)cc1. The molecule has 1 aliphatic heterocycles. The number of fused-ring (bicyclic) bond motifs is 2. The molecular formula is C22H22BN3O4. The number of hydrogen-bond donors (Lipinski definition) is 1. The van der Waals surface area contributed by atoms with Crippen molar-refractivity contribution in [1.29, 1.82) is 0 Å². The second-order valence-electron chi connectivity index (χ2n) is 7.97. The average molecular weight is 403 g/mol. The number of rotatable bonds is 5. The van der Waals surface area contributed by atoms with E-state index in [-0.39, 0.29) is 17.8 Å². The zero-order chi connectivity index (χ0) is 20.9. The lowest BCUT2D eigenvalue weighted by molar-refractivity contribution is -0.0152. The van der Waals surface area contributed by atoms with E-state index < -0.39 is 7.12 Å². The van der Waals surface area contributed by atoms with E-state index >= 15 is 0 Å². The summed E-state index contributed by atoms with van der Waals surface area (Å²) in [5.41, 5.74) is 4.17. The van der Waals surface area contributed by atoms with Crippen LogP contribution in [-0.4, -0.2) is 40.0 Å². The molecule has 1 aromatic heterocycles. The van der Waals surface area contributed by atoms with Crippen molar-refractivity contribution >= 4 is 18.4 Å². The molecule has 0 bridgehead atoms. The molecule has 30 heavy (non-hydrogen) atoms. The maximum atomic E-state index is 12.9. The predicted molar refractivity (Wildman–Crippen MR) is 111 cm³/mol. The molecule has 2 aliphatic rings. The van der Waals surface area contributed by atoms with Crippen LogP contribution in [0.5, 0.6) is 5.75 Å². The van der Waals surface area contributed by atoms with Gasteiger partial charge in [0.25, 0.3) is 0 Å². The van der Waals surface area contributed by atoms with Gasteiger partial charge in [-0.1, -0.05) is 23.4 Å². The van der Waals surface area contributed by atoms with Crippen LogP contribution in [0, 0.1) is 6.92 Å². The summed E-state index contributed by atoms with van der Waals surface area (Å²) in [4.78, 5) is 12.9. The van der Waals surface area contributed by atoms with Crippen molar-refractivity contribution in [2.45, 2.75) is 38.2 Å². The van der Waals surface area contributed by atoms with Crippen molar-refractivity contribution in [2.24, 2.45) is 0 Å². The summed E-state index contributed by atoms with van der Waals surface area (Å²) >= 11 is 0. The summed E-state index contributed by atoms with van der Waals surface area (Å²) in [6, 6.07) is 13.2. The lowest BCUT2D eigenvalue weighted by atomic mass is 9.72. The van der Waals surface area contributed by atoms with Gasteiger partial charge in [-0.2, -0.15) is 0 Å². The molecule has 1 saturated carbocycles. The summed E-state index contributed by atoms with van der Waals surface area (Å²) in [7, 11) is 0.691. The smallest absolute Gasteiger partial charge is 0.492 e. The lowest BCUT2D eigenvalue weighted by Gasteiger charge is -2.39. The fourth-order valence-electron chi connectivity index (χ4n) is 4.39. The van der Waals surface area contributed by atoms with Crippen LogP contribution in [0.4, 0.5) is 0 Å². The number of nitrogens with zero attached hydrogens (tertiary/aromatic N) is 3. The number of ether oxygens (including phenoxy) is 1. The number of Topliss-reactive ketones (excluding diaryl/α,β-unsaturated/α-hetero) is 1. The molecule has 2 heterocycles. The Bertz CT molecular complexity index is 1120. The number of benzene rings is 2.